The van der Waals surface area contributed by atoms with Crippen LogP contribution in [0.4, 0.5) is 0 Å². The normalized spacial score (nSPS) is 19.2. The van der Waals surface area contributed by atoms with E-state index < -0.39 is 0 Å². The van der Waals surface area contributed by atoms with Crippen LogP contribution in [0, 0.1) is 0 Å². The summed E-state index contributed by atoms with van der Waals surface area (Å²) in [6, 6.07) is 2.77. The number of hydrogen-bond acceptors (Lipinski definition) is 4. The average molecular weight is 276 g/mol. The van der Waals surface area contributed by atoms with Gasteiger partial charge < -0.3 is 11.1 Å². The molecule has 110 valence electrons. The van der Waals surface area contributed by atoms with Crippen molar-refractivity contribution < 1.29 is 4.79 Å². The van der Waals surface area contributed by atoms with Gasteiger partial charge in [0.15, 0.2) is 0 Å². The number of nitrogens with two attached hydrogens (primary N) is 1. The predicted molar refractivity (Wildman–Crippen MR) is 79.2 cm³/mol. The number of carbonyl (C=O) groups is 1. The monoisotopic (exact) mass is 276 g/mol. The van der Waals surface area contributed by atoms with Crippen molar-refractivity contribution in [1.29, 1.82) is 0 Å². The molecule has 1 aromatic heterocycles. The molecule has 2 rings (SSSR count). The van der Waals surface area contributed by atoms with Gasteiger partial charge in [0, 0.05) is 25.0 Å². The molecule has 2 heterocycles. The van der Waals surface area contributed by atoms with Crippen LogP contribution in [0.2, 0.25) is 0 Å². The summed E-state index contributed by atoms with van der Waals surface area (Å²) in [6.07, 6.45) is 8.22. The van der Waals surface area contributed by atoms with Crippen molar-refractivity contribution in [1.82, 2.24) is 15.2 Å². The Morgan fingerprint density at radius 2 is 2.40 bits per heavy atom. The van der Waals surface area contributed by atoms with Gasteiger partial charge in [0.05, 0.1) is 6.54 Å². The van der Waals surface area contributed by atoms with Gasteiger partial charge in [-0.2, -0.15) is 0 Å². The number of pyridine rings is 1. The van der Waals surface area contributed by atoms with Gasteiger partial charge in [-0.05, 0) is 50.4 Å². The average Bonchev–Trinajstić information content (AvgIpc) is 2.90. The molecule has 1 aliphatic rings. The van der Waals surface area contributed by atoms with Gasteiger partial charge in [-0.25, -0.2) is 0 Å². The summed E-state index contributed by atoms with van der Waals surface area (Å²) in [4.78, 5) is 17.8. The molecule has 5 nitrogen and oxygen atoms in total. The van der Waals surface area contributed by atoms with Gasteiger partial charge >= 0.3 is 0 Å². The van der Waals surface area contributed by atoms with Crippen molar-refractivity contribution in [2.45, 2.75) is 31.7 Å². The predicted octanol–water partition coefficient (Wildman–Crippen LogP) is 0.856. The Morgan fingerprint density at radius 1 is 1.55 bits per heavy atom. The molecule has 0 radical (unpaired) electrons. The van der Waals surface area contributed by atoms with Gasteiger partial charge in [-0.15, -0.1) is 0 Å². The van der Waals surface area contributed by atoms with Gasteiger partial charge in [-0.1, -0.05) is 6.07 Å². The van der Waals surface area contributed by atoms with Crippen LogP contribution in [0.15, 0.2) is 18.5 Å². The number of nitrogens with zero attached hydrogens (tertiary/aromatic N) is 2. The van der Waals surface area contributed by atoms with Crippen LogP contribution in [0.5, 0.6) is 0 Å². The number of amides is 1. The number of aromatic nitrogens is 1. The zero-order chi connectivity index (χ0) is 14.4. The summed E-state index contributed by atoms with van der Waals surface area (Å²) in [5.41, 5.74) is 7.80. The van der Waals surface area contributed by atoms with E-state index in [1.807, 2.05) is 12.4 Å². The van der Waals surface area contributed by atoms with E-state index in [4.69, 9.17) is 5.73 Å². The van der Waals surface area contributed by atoms with Crippen molar-refractivity contribution in [3.8, 4) is 0 Å². The molecule has 0 saturated carbocycles. The molecular formula is C15H24N4O. The summed E-state index contributed by atoms with van der Waals surface area (Å²) in [5.74, 6) is -0.0931. The molecule has 1 amide bonds. The summed E-state index contributed by atoms with van der Waals surface area (Å²) >= 11 is 0. The third-order valence-corrected chi connectivity index (χ3v) is 3.87. The van der Waals surface area contributed by atoms with Crippen molar-refractivity contribution in [2.24, 2.45) is 5.73 Å². The first-order valence-corrected chi connectivity index (χ1v) is 7.31. The first kappa shape index (κ1) is 14.9. The second-order valence-corrected chi connectivity index (χ2v) is 5.42. The molecular weight excluding hydrogens is 252 g/mol. The molecule has 0 aromatic carbocycles. The lowest BCUT2D eigenvalue weighted by Gasteiger charge is -2.19. The summed E-state index contributed by atoms with van der Waals surface area (Å²) < 4.78 is 0. The lowest BCUT2D eigenvalue weighted by atomic mass is 10.0. The number of hydrogen-bond donors (Lipinski definition) is 2. The molecule has 1 atom stereocenters. The second-order valence-electron chi connectivity index (χ2n) is 5.42. The molecule has 0 spiro atoms. The molecule has 0 bridgehead atoms. The highest BCUT2D eigenvalue weighted by molar-refractivity contribution is 5.77. The third-order valence-electron chi connectivity index (χ3n) is 3.87. The summed E-state index contributed by atoms with van der Waals surface area (Å²) in [6.45, 7) is 1.90. The topological polar surface area (TPSA) is 71.2 Å². The first-order chi connectivity index (χ1) is 9.70. The molecule has 20 heavy (non-hydrogen) atoms. The fourth-order valence-electron chi connectivity index (χ4n) is 2.75. The molecule has 0 aliphatic carbocycles. The summed E-state index contributed by atoms with van der Waals surface area (Å²) in [5, 5.41) is 2.79. The van der Waals surface area contributed by atoms with Gasteiger partial charge in [0.2, 0.25) is 5.91 Å². The molecule has 5 heteroatoms. The molecule has 1 fully saturated rings. The van der Waals surface area contributed by atoms with Crippen LogP contribution < -0.4 is 11.1 Å². The minimum absolute atomic E-state index is 0.0606. The fraction of sp³-hybridized carbons (Fsp3) is 0.600. The van der Waals surface area contributed by atoms with E-state index in [0.29, 0.717) is 12.6 Å². The van der Waals surface area contributed by atoms with Crippen LogP contribution in [0.25, 0.3) is 0 Å². The van der Waals surface area contributed by atoms with Crippen LogP contribution >= 0.6 is 0 Å². The SMILES string of the molecule is CN1CCC[C@H]1c1cncc(CCCNC(=O)CN)c1. The van der Waals surface area contributed by atoms with E-state index in [1.165, 1.54) is 30.5 Å². The van der Waals surface area contributed by atoms with E-state index in [2.05, 4.69) is 28.3 Å². The highest BCUT2D eigenvalue weighted by Gasteiger charge is 2.22. The maximum Gasteiger partial charge on any atom is 0.233 e. The molecule has 1 saturated heterocycles. The highest BCUT2D eigenvalue weighted by Crippen LogP contribution is 2.30. The third kappa shape index (κ3) is 4.02. The number of rotatable bonds is 6. The van der Waals surface area contributed by atoms with Crippen molar-refractivity contribution in [3.63, 3.8) is 0 Å². The Bertz CT molecular complexity index is 449. The van der Waals surface area contributed by atoms with Crippen LogP contribution in [-0.4, -0.2) is 42.5 Å². The van der Waals surface area contributed by atoms with Gasteiger partial charge in [0.25, 0.3) is 0 Å². The Labute approximate surface area is 120 Å². The standard InChI is InChI=1S/C15H24N4O/c1-19-7-3-5-14(19)13-8-12(10-17-11-13)4-2-6-18-15(20)9-16/h8,10-11,14H,2-7,9,16H2,1H3,(H,18,20)/t14-/m0/s1. The number of aryl methyl sites for hydroxylation is 1. The Balaban J connectivity index is 1.85. The maximum absolute atomic E-state index is 11.0. The molecule has 1 aliphatic heterocycles. The largest absolute Gasteiger partial charge is 0.355 e. The lowest BCUT2D eigenvalue weighted by Crippen LogP contribution is -2.31. The molecule has 0 unspecified atom stereocenters. The molecule has 1 aromatic rings. The smallest absolute Gasteiger partial charge is 0.233 e. The Morgan fingerprint density at radius 3 is 3.10 bits per heavy atom. The summed E-state index contributed by atoms with van der Waals surface area (Å²) in [7, 11) is 2.17. The van der Waals surface area contributed by atoms with Gasteiger partial charge in [-0.3, -0.25) is 14.7 Å². The second kappa shape index (κ2) is 7.36. The fourth-order valence-corrected chi connectivity index (χ4v) is 2.75. The minimum atomic E-state index is -0.0931. The van der Waals surface area contributed by atoms with E-state index in [1.54, 1.807) is 0 Å². The maximum atomic E-state index is 11.0. The van der Waals surface area contributed by atoms with E-state index in [0.717, 1.165) is 12.8 Å². The van der Waals surface area contributed by atoms with E-state index >= 15 is 0 Å². The Hall–Kier alpha value is -1.46. The van der Waals surface area contributed by atoms with E-state index in [-0.39, 0.29) is 12.5 Å². The van der Waals surface area contributed by atoms with Crippen molar-refractivity contribution in [2.75, 3.05) is 26.7 Å². The quantitative estimate of drug-likeness (QED) is 0.756. The number of likely N-dealkylation sites (tertiary alicyclic amines) is 1. The van der Waals surface area contributed by atoms with Crippen LogP contribution in [-0.2, 0) is 11.2 Å². The first-order valence-electron chi connectivity index (χ1n) is 7.31. The van der Waals surface area contributed by atoms with Crippen LogP contribution in [0.3, 0.4) is 0 Å². The van der Waals surface area contributed by atoms with Crippen molar-refractivity contribution in [3.05, 3.63) is 29.6 Å². The molecule has 3 N–H and O–H groups in total. The zero-order valence-corrected chi connectivity index (χ0v) is 12.1. The van der Waals surface area contributed by atoms with Gasteiger partial charge in [0.1, 0.15) is 0 Å². The minimum Gasteiger partial charge on any atom is -0.355 e. The highest BCUT2D eigenvalue weighted by atomic mass is 16.1. The van der Waals surface area contributed by atoms with E-state index in [9.17, 15) is 4.79 Å². The van der Waals surface area contributed by atoms with Crippen molar-refractivity contribution >= 4 is 5.91 Å². The lowest BCUT2D eigenvalue weighted by molar-refractivity contribution is -0.119. The Kier molecular flexibility index (Phi) is 5.49. The number of carbonyl (C=O) groups excluding carboxylic acids is 1. The zero-order valence-electron chi connectivity index (χ0n) is 12.1. The van der Waals surface area contributed by atoms with Crippen LogP contribution in [0.1, 0.15) is 36.4 Å². The number of nitrogens with one attached hydrogen (secondary N) is 1.